The summed E-state index contributed by atoms with van der Waals surface area (Å²) in [6.07, 6.45) is 1.60. The summed E-state index contributed by atoms with van der Waals surface area (Å²) in [5.74, 6) is -0.569. The maximum absolute atomic E-state index is 12.8. The molecule has 0 aliphatic carbocycles. The van der Waals surface area contributed by atoms with E-state index in [2.05, 4.69) is 15.4 Å². The van der Waals surface area contributed by atoms with Crippen molar-refractivity contribution in [2.45, 2.75) is 13.5 Å². The van der Waals surface area contributed by atoms with Gasteiger partial charge in [0.2, 0.25) is 4.96 Å². The lowest BCUT2D eigenvalue weighted by Gasteiger charge is -2.03. The second kappa shape index (κ2) is 5.01. The van der Waals surface area contributed by atoms with E-state index in [4.69, 9.17) is 0 Å². The molecule has 0 radical (unpaired) electrons. The third-order valence-corrected chi connectivity index (χ3v) is 3.58. The van der Waals surface area contributed by atoms with E-state index in [9.17, 15) is 9.18 Å². The molecule has 7 heteroatoms. The minimum atomic E-state index is -0.296. The van der Waals surface area contributed by atoms with Crippen LogP contribution in [0.4, 0.5) is 4.39 Å². The Morgan fingerprint density at radius 1 is 1.40 bits per heavy atom. The SMILES string of the molecule is Cc1nn2cc(C(=O)NCc3ccc(F)cc3)nc2s1. The number of carbonyl (C=O) groups is 1. The molecule has 3 rings (SSSR count). The first-order chi connectivity index (χ1) is 9.61. The van der Waals surface area contributed by atoms with Crippen LogP contribution in [0.25, 0.3) is 4.96 Å². The van der Waals surface area contributed by atoms with Crippen molar-refractivity contribution in [2.75, 3.05) is 0 Å². The van der Waals surface area contributed by atoms with Gasteiger partial charge in [-0.1, -0.05) is 23.5 Å². The van der Waals surface area contributed by atoms with Crippen LogP contribution in [-0.2, 0) is 6.54 Å². The molecule has 102 valence electrons. The van der Waals surface area contributed by atoms with Gasteiger partial charge in [0.15, 0.2) is 0 Å². The molecule has 20 heavy (non-hydrogen) atoms. The Kier molecular flexibility index (Phi) is 3.19. The minimum Gasteiger partial charge on any atom is -0.347 e. The fraction of sp³-hybridized carbons (Fsp3) is 0.154. The van der Waals surface area contributed by atoms with Gasteiger partial charge in [-0.2, -0.15) is 5.10 Å². The normalized spacial score (nSPS) is 10.9. The van der Waals surface area contributed by atoms with Crippen molar-refractivity contribution in [3.8, 4) is 0 Å². The smallest absolute Gasteiger partial charge is 0.271 e. The zero-order chi connectivity index (χ0) is 14.1. The molecule has 1 amide bonds. The number of nitrogens with zero attached hydrogens (tertiary/aromatic N) is 3. The van der Waals surface area contributed by atoms with E-state index in [-0.39, 0.29) is 11.7 Å². The number of fused-ring (bicyclic) bond motifs is 1. The van der Waals surface area contributed by atoms with Crippen molar-refractivity contribution in [1.29, 1.82) is 0 Å². The summed E-state index contributed by atoms with van der Waals surface area (Å²) in [4.78, 5) is 16.8. The van der Waals surface area contributed by atoms with Gasteiger partial charge in [-0.05, 0) is 24.6 Å². The number of rotatable bonds is 3. The number of carbonyl (C=O) groups excluding carboxylic acids is 1. The van der Waals surface area contributed by atoms with Crippen LogP contribution in [0.15, 0.2) is 30.5 Å². The summed E-state index contributed by atoms with van der Waals surface area (Å²) < 4.78 is 14.3. The largest absolute Gasteiger partial charge is 0.347 e. The van der Waals surface area contributed by atoms with Crippen molar-refractivity contribution in [1.82, 2.24) is 19.9 Å². The van der Waals surface area contributed by atoms with Crippen molar-refractivity contribution in [3.05, 3.63) is 52.5 Å². The number of aromatic nitrogens is 3. The molecule has 0 saturated heterocycles. The Morgan fingerprint density at radius 3 is 2.85 bits per heavy atom. The van der Waals surface area contributed by atoms with Crippen LogP contribution < -0.4 is 5.32 Å². The molecule has 0 bridgehead atoms. The Hall–Kier alpha value is -2.28. The standard InChI is InChI=1S/C13H11FN4OS/c1-8-17-18-7-11(16-13(18)20-8)12(19)15-6-9-2-4-10(14)5-3-9/h2-5,7H,6H2,1H3,(H,15,19). The molecule has 0 fully saturated rings. The van der Waals surface area contributed by atoms with Crippen molar-refractivity contribution < 1.29 is 9.18 Å². The Bertz CT molecular complexity index is 731. The van der Waals surface area contributed by atoms with Crippen LogP contribution in [0.3, 0.4) is 0 Å². The first-order valence-electron chi connectivity index (χ1n) is 5.97. The highest BCUT2D eigenvalue weighted by Crippen LogP contribution is 2.13. The first-order valence-corrected chi connectivity index (χ1v) is 6.79. The third kappa shape index (κ3) is 2.53. The van der Waals surface area contributed by atoms with Gasteiger partial charge < -0.3 is 5.32 Å². The van der Waals surface area contributed by atoms with Gasteiger partial charge in [0.05, 0.1) is 6.20 Å². The van der Waals surface area contributed by atoms with Crippen LogP contribution in [-0.4, -0.2) is 20.5 Å². The predicted octanol–water partition coefficient (Wildman–Crippen LogP) is 2.17. The van der Waals surface area contributed by atoms with E-state index in [1.165, 1.54) is 23.5 Å². The molecule has 0 saturated carbocycles. The molecule has 0 aliphatic rings. The molecular formula is C13H11FN4OS. The van der Waals surface area contributed by atoms with Gasteiger partial charge in [0.25, 0.3) is 5.91 Å². The Morgan fingerprint density at radius 2 is 2.15 bits per heavy atom. The second-order valence-electron chi connectivity index (χ2n) is 4.28. The highest BCUT2D eigenvalue weighted by Gasteiger charge is 2.12. The summed E-state index contributed by atoms with van der Waals surface area (Å²) >= 11 is 1.43. The number of nitrogens with one attached hydrogen (secondary N) is 1. The fourth-order valence-electron chi connectivity index (χ4n) is 1.78. The van der Waals surface area contributed by atoms with Gasteiger partial charge in [0.1, 0.15) is 16.5 Å². The number of imidazole rings is 1. The maximum atomic E-state index is 12.8. The van der Waals surface area contributed by atoms with Crippen LogP contribution in [0.1, 0.15) is 21.1 Å². The lowest BCUT2D eigenvalue weighted by molar-refractivity contribution is 0.0946. The van der Waals surface area contributed by atoms with E-state index >= 15 is 0 Å². The minimum absolute atomic E-state index is 0.273. The summed E-state index contributed by atoms with van der Waals surface area (Å²) in [7, 11) is 0. The van der Waals surface area contributed by atoms with Crippen LogP contribution in [0, 0.1) is 12.7 Å². The summed E-state index contributed by atoms with van der Waals surface area (Å²) in [6, 6.07) is 5.99. The van der Waals surface area contributed by atoms with Crippen molar-refractivity contribution in [2.24, 2.45) is 0 Å². The van der Waals surface area contributed by atoms with Gasteiger partial charge >= 0.3 is 0 Å². The Balaban J connectivity index is 1.69. The predicted molar refractivity (Wildman–Crippen MR) is 73.2 cm³/mol. The van der Waals surface area contributed by atoms with Crippen molar-refractivity contribution >= 4 is 22.2 Å². The first kappa shape index (κ1) is 12.7. The molecular weight excluding hydrogens is 279 g/mol. The molecule has 2 heterocycles. The van der Waals surface area contributed by atoms with E-state index < -0.39 is 0 Å². The fourth-order valence-corrected chi connectivity index (χ4v) is 2.51. The maximum Gasteiger partial charge on any atom is 0.271 e. The van der Waals surface area contributed by atoms with E-state index in [0.29, 0.717) is 17.2 Å². The number of hydrogen-bond donors (Lipinski definition) is 1. The molecule has 1 N–H and O–H groups in total. The quantitative estimate of drug-likeness (QED) is 0.804. The van der Waals surface area contributed by atoms with Crippen molar-refractivity contribution in [3.63, 3.8) is 0 Å². The molecule has 1 aromatic carbocycles. The van der Waals surface area contributed by atoms with Crippen LogP contribution in [0.2, 0.25) is 0 Å². The van der Waals surface area contributed by atoms with Gasteiger partial charge in [-0.3, -0.25) is 4.79 Å². The highest BCUT2D eigenvalue weighted by atomic mass is 32.1. The molecule has 0 unspecified atom stereocenters. The molecule has 5 nitrogen and oxygen atoms in total. The van der Waals surface area contributed by atoms with E-state index in [0.717, 1.165) is 10.6 Å². The number of halogens is 1. The van der Waals surface area contributed by atoms with Gasteiger partial charge in [-0.15, -0.1) is 0 Å². The molecule has 0 aliphatic heterocycles. The van der Waals surface area contributed by atoms with Crippen LogP contribution in [0.5, 0.6) is 0 Å². The average molecular weight is 290 g/mol. The highest BCUT2D eigenvalue weighted by molar-refractivity contribution is 7.16. The topological polar surface area (TPSA) is 59.3 Å². The number of aryl methyl sites for hydroxylation is 1. The Labute approximate surface area is 118 Å². The molecule has 0 atom stereocenters. The molecule has 3 aromatic rings. The van der Waals surface area contributed by atoms with Gasteiger partial charge in [-0.25, -0.2) is 13.9 Å². The zero-order valence-electron chi connectivity index (χ0n) is 10.6. The number of amides is 1. The molecule has 2 aromatic heterocycles. The monoisotopic (exact) mass is 290 g/mol. The number of benzene rings is 1. The summed E-state index contributed by atoms with van der Waals surface area (Å²) in [5.41, 5.74) is 1.15. The average Bonchev–Trinajstić information content (AvgIpc) is 2.95. The molecule has 0 spiro atoms. The van der Waals surface area contributed by atoms with Gasteiger partial charge in [0, 0.05) is 6.54 Å². The zero-order valence-corrected chi connectivity index (χ0v) is 11.4. The second-order valence-corrected chi connectivity index (χ2v) is 5.44. The summed E-state index contributed by atoms with van der Waals surface area (Å²) in [6.45, 7) is 2.21. The lowest BCUT2D eigenvalue weighted by Crippen LogP contribution is -2.23. The summed E-state index contributed by atoms with van der Waals surface area (Å²) in [5, 5.41) is 7.83. The van der Waals surface area contributed by atoms with Crippen LogP contribution >= 0.6 is 11.3 Å². The number of hydrogen-bond acceptors (Lipinski definition) is 4. The third-order valence-electron chi connectivity index (χ3n) is 2.74. The lowest BCUT2D eigenvalue weighted by atomic mass is 10.2. The van der Waals surface area contributed by atoms with E-state index in [1.807, 2.05) is 6.92 Å². The van der Waals surface area contributed by atoms with E-state index in [1.54, 1.807) is 22.8 Å².